The van der Waals surface area contributed by atoms with Gasteiger partial charge >= 0.3 is 0 Å². The molecule has 0 aromatic heterocycles. The fourth-order valence-corrected chi connectivity index (χ4v) is 4.44. The van der Waals surface area contributed by atoms with Crippen LogP contribution in [0, 0.1) is 0 Å². The Labute approximate surface area is 130 Å². The van der Waals surface area contributed by atoms with E-state index in [1.165, 1.54) is 6.07 Å². The molecule has 3 N–H and O–H groups in total. The van der Waals surface area contributed by atoms with Gasteiger partial charge in [0, 0.05) is 17.1 Å². The third-order valence-corrected chi connectivity index (χ3v) is 5.37. The molecule has 0 unspecified atom stereocenters. The van der Waals surface area contributed by atoms with E-state index in [2.05, 4.69) is 4.72 Å². The van der Waals surface area contributed by atoms with E-state index < -0.39 is 15.6 Å². The number of benzene rings is 1. The number of nitrogens with one attached hydrogen (secondary N) is 1. The molecule has 0 aliphatic rings. The number of rotatable bonds is 6. The zero-order chi connectivity index (χ0) is 15.6. The van der Waals surface area contributed by atoms with Crippen LogP contribution in [0.4, 0.5) is 0 Å². The van der Waals surface area contributed by atoms with Gasteiger partial charge in [0.05, 0.1) is 5.02 Å². The zero-order valence-corrected chi connectivity index (χ0v) is 14.2. The van der Waals surface area contributed by atoms with Crippen LogP contribution in [-0.4, -0.2) is 14.0 Å². The van der Waals surface area contributed by atoms with Crippen molar-refractivity contribution in [3.63, 3.8) is 0 Å². The second-order valence-corrected chi connectivity index (χ2v) is 7.79. The first-order chi connectivity index (χ1) is 9.13. The van der Waals surface area contributed by atoms with Gasteiger partial charge in [-0.1, -0.05) is 36.5 Å². The summed E-state index contributed by atoms with van der Waals surface area (Å²) in [5.74, 6) is 0. The number of sulfonamides is 1. The number of hydrogen-bond acceptors (Lipinski definition) is 3. The lowest BCUT2D eigenvalue weighted by molar-refractivity contribution is 0.418. The summed E-state index contributed by atoms with van der Waals surface area (Å²) in [7, 11) is -3.75. The van der Waals surface area contributed by atoms with Crippen LogP contribution in [0.1, 0.15) is 39.2 Å². The van der Waals surface area contributed by atoms with Gasteiger partial charge in [-0.05, 0) is 38.0 Å². The highest BCUT2D eigenvalue weighted by Gasteiger charge is 2.28. The van der Waals surface area contributed by atoms with Crippen molar-refractivity contribution in [1.29, 1.82) is 0 Å². The Balaban J connectivity index is 3.26. The summed E-state index contributed by atoms with van der Waals surface area (Å²) < 4.78 is 27.6. The minimum atomic E-state index is -3.75. The number of halogens is 2. The molecule has 0 saturated carbocycles. The topological polar surface area (TPSA) is 72.2 Å². The Bertz CT molecular complexity index is 586. The van der Waals surface area contributed by atoms with Gasteiger partial charge in [-0.15, -0.1) is 0 Å². The first kappa shape index (κ1) is 17.7. The van der Waals surface area contributed by atoms with Crippen LogP contribution in [0.3, 0.4) is 0 Å². The van der Waals surface area contributed by atoms with Gasteiger partial charge in [0.2, 0.25) is 10.0 Å². The molecular formula is C13H20Cl2N2O2S. The molecular weight excluding hydrogens is 319 g/mol. The summed E-state index contributed by atoms with van der Waals surface area (Å²) >= 11 is 12.0. The minimum absolute atomic E-state index is 0.0312. The van der Waals surface area contributed by atoms with Crippen LogP contribution in [-0.2, 0) is 16.6 Å². The molecule has 20 heavy (non-hydrogen) atoms. The number of nitrogens with two attached hydrogens (primary N) is 1. The van der Waals surface area contributed by atoms with E-state index in [4.69, 9.17) is 28.9 Å². The molecule has 0 atom stereocenters. The molecule has 0 bridgehead atoms. The second kappa shape index (κ2) is 6.62. The molecule has 114 valence electrons. The van der Waals surface area contributed by atoms with Crippen LogP contribution in [0.5, 0.6) is 0 Å². The van der Waals surface area contributed by atoms with Crippen molar-refractivity contribution in [2.45, 2.75) is 50.6 Å². The molecule has 0 heterocycles. The molecule has 1 aromatic rings. The Morgan fingerprint density at radius 3 is 2.40 bits per heavy atom. The van der Waals surface area contributed by atoms with Crippen LogP contribution in [0.25, 0.3) is 0 Å². The lowest BCUT2D eigenvalue weighted by atomic mass is 10.0. The molecule has 0 saturated heterocycles. The van der Waals surface area contributed by atoms with E-state index in [0.717, 1.165) is 6.42 Å². The van der Waals surface area contributed by atoms with E-state index in [1.54, 1.807) is 6.07 Å². The minimum Gasteiger partial charge on any atom is -0.326 e. The van der Waals surface area contributed by atoms with E-state index in [-0.39, 0.29) is 16.5 Å². The second-order valence-electron chi connectivity index (χ2n) is 5.32. The van der Waals surface area contributed by atoms with E-state index in [9.17, 15) is 8.42 Å². The summed E-state index contributed by atoms with van der Waals surface area (Å²) in [6.45, 7) is 5.78. The highest BCUT2D eigenvalue weighted by Crippen LogP contribution is 2.30. The van der Waals surface area contributed by atoms with Gasteiger partial charge in [-0.3, -0.25) is 0 Å². The van der Waals surface area contributed by atoms with Crippen molar-refractivity contribution in [3.05, 3.63) is 27.7 Å². The highest BCUT2D eigenvalue weighted by atomic mass is 35.5. The predicted octanol–water partition coefficient (Wildman–Crippen LogP) is 3.31. The van der Waals surface area contributed by atoms with Crippen molar-refractivity contribution in [1.82, 2.24) is 4.72 Å². The summed E-state index contributed by atoms with van der Waals surface area (Å²) in [6.07, 6.45) is 1.58. The Morgan fingerprint density at radius 2 is 1.90 bits per heavy atom. The third-order valence-electron chi connectivity index (χ3n) is 2.87. The summed E-state index contributed by atoms with van der Waals surface area (Å²) in [5.41, 5.74) is 5.50. The van der Waals surface area contributed by atoms with E-state index in [1.807, 2.05) is 20.8 Å². The van der Waals surface area contributed by atoms with Crippen molar-refractivity contribution < 1.29 is 8.42 Å². The lowest BCUT2D eigenvalue weighted by Crippen LogP contribution is -2.43. The van der Waals surface area contributed by atoms with Crippen LogP contribution < -0.4 is 10.5 Å². The summed E-state index contributed by atoms with van der Waals surface area (Å²) in [4.78, 5) is -0.0312. The van der Waals surface area contributed by atoms with Crippen molar-refractivity contribution >= 4 is 33.2 Å². The fourth-order valence-electron chi connectivity index (χ4n) is 2.06. The Kier molecular flexibility index (Phi) is 5.87. The average molecular weight is 339 g/mol. The quantitative estimate of drug-likeness (QED) is 0.835. The van der Waals surface area contributed by atoms with Crippen LogP contribution >= 0.6 is 23.2 Å². The molecule has 0 radical (unpaired) electrons. The first-order valence-corrected chi connectivity index (χ1v) is 8.59. The number of hydrogen-bond donors (Lipinski definition) is 2. The smallest absolute Gasteiger partial charge is 0.242 e. The molecule has 0 amide bonds. The molecule has 0 aliphatic heterocycles. The van der Waals surface area contributed by atoms with Gasteiger partial charge in [-0.25, -0.2) is 13.1 Å². The third kappa shape index (κ3) is 4.33. The lowest BCUT2D eigenvalue weighted by Gasteiger charge is -2.26. The van der Waals surface area contributed by atoms with Gasteiger partial charge in [0.15, 0.2) is 0 Å². The predicted molar refractivity (Wildman–Crippen MR) is 83.7 cm³/mol. The van der Waals surface area contributed by atoms with E-state index >= 15 is 0 Å². The normalized spacial score (nSPS) is 12.7. The molecule has 7 heteroatoms. The van der Waals surface area contributed by atoms with E-state index in [0.29, 0.717) is 17.0 Å². The van der Waals surface area contributed by atoms with Crippen molar-refractivity contribution in [2.75, 3.05) is 0 Å². The molecule has 1 rings (SSSR count). The van der Waals surface area contributed by atoms with Gasteiger partial charge < -0.3 is 5.73 Å². The SMILES string of the molecule is CCCC(C)(C)NS(=O)(=O)c1cc(Cl)cc(CN)c1Cl. The largest absolute Gasteiger partial charge is 0.326 e. The van der Waals surface area contributed by atoms with Crippen LogP contribution in [0.2, 0.25) is 10.0 Å². The Hall–Kier alpha value is -0.330. The molecule has 0 aliphatic carbocycles. The average Bonchev–Trinajstić information content (AvgIpc) is 2.29. The first-order valence-electron chi connectivity index (χ1n) is 6.35. The van der Waals surface area contributed by atoms with Gasteiger partial charge in [0.1, 0.15) is 4.90 Å². The summed E-state index contributed by atoms with van der Waals surface area (Å²) in [5, 5.41) is 0.417. The monoisotopic (exact) mass is 338 g/mol. The van der Waals surface area contributed by atoms with Crippen LogP contribution in [0.15, 0.2) is 17.0 Å². The van der Waals surface area contributed by atoms with Gasteiger partial charge in [-0.2, -0.15) is 0 Å². The Morgan fingerprint density at radius 1 is 1.30 bits per heavy atom. The summed E-state index contributed by atoms with van der Waals surface area (Å²) in [6, 6.07) is 2.91. The highest BCUT2D eigenvalue weighted by molar-refractivity contribution is 7.89. The van der Waals surface area contributed by atoms with Crippen molar-refractivity contribution in [2.24, 2.45) is 5.73 Å². The zero-order valence-electron chi connectivity index (χ0n) is 11.8. The molecule has 0 fully saturated rings. The maximum absolute atomic E-state index is 12.5. The fraction of sp³-hybridized carbons (Fsp3) is 0.538. The maximum Gasteiger partial charge on any atom is 0.242 e. The maximum atomic E-state index is 12.5. The molecule has 4 nitrogen and oxygen atoms in total. The molecule has 1 aromatic carbocycles. The van der Waals surface area contributed by atoms with Gasteiger partial charge in [0.25, 0.3) is 0 Å². The standard InChI is InChI=1S/C13H20Cl2N2O2S/c1-4-5-13(2,3)17-20(18,19)11-7-10(14)6-9(8-16)12(11)15/h6-7,17H,4-5,8,16H2,1-3H3. The molecule has 0 spiro atoms. The van der Waals surface area contributed by atoms with Crippen molar-refractivity contribution in [3.8, 4) is 0 Å².